The van der Waals surface area contributed by atoms with Gasteiger partial charge in [0.15, 0.2) is 0 Å². The highest BCUT2D eigenvalue weighted by molar-refractivity contribution is 7.90. The van der Waals surface area contributed by atoms with Gasteiger partial charge in [-0.1, -0.05) is 45.0 Å². The van der Waals surface area contributed by atoms with Crippen LogP contribution in [0.3, 0.4) is 0 Å². The van der Waals surface area contributed by atoms with Gasteiger partial charge in [-0.2, -0.15) is 0 Å². The van der Waals surface area contributed by atoms with Crippen LogP contribution in [0, 0.1) is 0 Å². The highest BCUT2D eigenvalue weighted by Crippen LogP contribution is 2.22. The molecule has 102 valence electrons. The van der Waals surface area contributed by atoms with Gasteiger partial charge in [-0.15, -0.1) is 0 Å². The minimum absolute atomic E-state index is 0.0357. The molecule has 0 saturated carbocycles. The molecule has 0 fully saturated rings. The van der Waals surface area contributed by atoms with E-state index in [4.69, 9.17) is 5.73 Å². The lowest BCUT2D eigenvalue weighted by Crippen LogP contribution is -2.31. The summed E-state index contributed by atoms with van der Waals surface area (Å²) in [5.74, 6) is 0.0357. The van der Waals surface area contributed by atoms with Crippen LogP contribution in [0.2, 0.25) is 0 Å². The molecule has 0 spiro atoms. The molecule has 18 heavy (non-hydrogen) atoms. The van der Waals surface area contributed by atoms with E-state index in [1.54, 1.807) is 0 Å². The van der Waals surface area contributed by atoms with Crippen LogP contribution in [0.25, 0.3) is 0 Å². The normalized spacial score (nSPS) is 14.5. The SMILES string of the molecule is CC(C)(C)c1ccc(CC(N)CS(C)(=O)=O)cc1. The lowest BCUT2D eigenvalue weighted by atomic mass is 9.86. The third kappa shape index (κ3) is 5.19. The van der Waals surface area contributed by atoms with E-state index in [9.17, 15) is 8.42 Å². The van der Waals surface area contributed by atoms with Crippen LogP contribution in [0.4, 0.5) is 0 Å². The number of rotatable bonds is 4. The van der Waals surface area contributed by atoms with E-state index in [-0.39, 0.29) is 17.2 Å². The smallest absolute Gasteiger partial charge is 0.148 e. The maximum Gasteiger partial charge on any atom is 0.148 e. The molecule has 1 atom stereocenters. The molecular formula is C14H23NO2S. The summed E-state index contributed by atoms with van der Waals surface area (Å²) in [5, 5.41) is 0. The van der Waals surface area contributed by atoms with Gasteiger partial charge >= 0.3 is 0 Å². The maximum atomic E-state index is 11.1. The van der Waals surface area contributed by atoms with Crippen molar-refractivity contribution >= 4 is 9.84 Å². The van der Waals surface area contributed by atoms with Crippen LogP contribution in [-0.2, 0) is 21.7 Å². The third-order valence-corrected chi connectivity index (χ3v) is 3.87. The van der Waals surface area contributed by atoms with Gasteiger partial charge in [0.2, 0.25) is 0 Å². The molecule has 0 amide bonds. The largest absolute Gasteiger partial charge is 0.326 e. The summed E-state index contributed by atoms with van der Waals surface area (Å²) in [6.07, 6.45) is 1.81. The zero-order valence-corrected chi connectivity index (χ0v) is 12.4. The minimum Gasteiger partial charge on any atom is -0.326 e. The van der Waals surface area contributed by atoms with Crippen LogP contribution in [0.5, 0.6) is 0 Å². The number of hydrogen-bond acceptors (Lipinski definition) is 3. The van der Waals surface area contributed by atoms with Crippen LogP contribution < -0.4 is 5.73 Å². The second kappa shape index (κ2) is 5.41. The standard InChI is InChI=1S/C14H23NO2S/c1-14(2,3)12-7-5-11(6-8-12)9-13(15)10-18(4,16)17/h5-8,13H,9-10,15H2,1-4H3. The molecule has 0 aliphatic rings. The Morgan fingerprint density at radius 2 is 1.67 bits per heavy atom. The molecule has 3 nitrogen and oxygen atoms in total. The molecule has 1 rings (SSSR count). The summed E-state index contributed by atoms with van der Waals surface area (Å²) >= 11 is 0. The number of nitrogens with two attached hydrogens (primary N) is 1. The molecule has 4 heteroatoms. The summed E-state index contributed by atoms with van der Waals surface area (Å²) in [6, 6.07) is 7.90. The van der Waals surface area contributed by atoms with Gasteiger partial charge in [0.25, 0.3) is 0 Å². The van der Waals surface area contributed by atoms with E-state index in [2.05, 4.69) is 32.9 Å². The predicted octanol–water partition coefficient (Wildman–Crippen LogP) is 1.90. The molecule has 1 aromatic carbocycles. The third-order valence-electron chi connectivity index (χ3n) is 2.83. The summed E-state index contributed by atoms with van der Waals surface area (Å²) < 4.78 is 22.3. The average molecular weight is 269 g/mol. The molecule has 0 radical (unpaired) electrons. The van der Waals surface area contributed by atoms with Crippen LogP contribution >= 0.6 is 0 Å². The van der Waals surface area contributed by atoms with Crippen molar-refractivity contribution in [3.05, 3.63) is 35.4 Å². The summed E-state index contributed by atoms with van der Waals surface area (Å²) in [6.45, 7) is 6.49. The first-order valence-electron chi connectivity index (χ1n) is 6.11. The Morgan fingerprint density at radius 1 is 1.17 bits per heavy atom. The topological polar surface area (TPSA) is 60.2 Å². The van der Waals surface area contributed by atoms with Crippen LogP contribution in [0.15, 0.2) is 24.3 Å². The van der Waals surface area contributed by atoms with Crippen LogP contribution in [0.1, 0.15) is 31.9 Å². The molecule has 1 unspecified atom stereocenters. The highest BCUT2D eigenvalue weighted by Gasteiger charge is 2.14. The van der Waals surface area contributed by atoms with Crippen molar-refractivity contribution in [3.63, 3.8) is 0 Å². The fraction of sp³-hybridized carbons (Fsp3) is 0.571. The van der Waals surface area contributed by atoms with Gasteiger partial charge in [-0.25, -0.2) is 8.42 Å². The van der Waals surface area contributed by atoms with E-state index < -0.39 is 9.84 Å². The zero-order valence-electron chi connectivity index (χ0n) is 11.6. The van der Waals surface area contributed by atoms with Crippen molar-refractivity contribution in [3.8, 4) is 0 Å². The second-order valence-electron chi connectivity index (χ2n) is 6.00. The van der Waals surface area contributed by atoms with Crippen molar-refractivity contribution < 1.29 is 8.42 Å². The van der Waals surface area contributed by atoms with Crippen LogP contribution in [-0.4, -0.2) is 26.5 Å². The Hall–Kier alpha value is -0.870. The molecule has 0 bridgehead atoms. The maximum absolute atomic E-state index is 11.1. The Morgan fingerprint density at radius 3 is 2.06 bits per heavy atom. The molecule has 0 heterocycles. The highest BCUT2D eigenvalue weighted by atomic mass is 32.2. The number of sulfone groups is 1. The van der Waals surface area contributed by atoms with Gasteiger partial charge in [0.1, 0.15) is 9.84 Å². The Kier molecular flexibility index (Phi) is 4.56. The molecule has 0 aliphatic heterocycles. The van der Waals surface area contributed by atoms with Crippen molar-refractivity contribution in [2.24, 2.45) is 5.73 Å². The zero-order chi connectivity index (χ0) is 14.0. The first-order valence-corrected chi connectivity index (χ1v) is 8.17. The fourth-order valence-corrected chi connectivity index (χ4v) is 2.79. The lowest BCUT2D eigenvalue weighted by Gasteiger charge is -2.19. The van der Waals surface area contributed by atoms with Gasteiger partial charge in [0.05, 0.1) is 5.75 Å². The average Bonchev–Trinajstić information content (AvgIpc) is 2.13. The summed E-state index contributed by atoms with van der Waals surface area (Å²) in [7, 11) is -3.00. The van der Waals surface area contributed by atoms with E-state index in [0.29, 0.717) is 6.42 Å². The minimum atomic E-state index is -3.00. The van der Waals surface area contributed by atoms with Gasteiger partial charge < -0.3 is 5.73 Å². The van der Waals surface area contributed by atoms with E-state index in [1.165, 1.54) is 11.8 Å². The van der Waals surface area contributed by atoms with Gasteiger partial charge in [-0.05, 0) is 23.0 Å². The Balaban J connectivity index is 2.70. The monoisotopic (exact) mass is 269 g/mol. The summed E-state index contributed by atoms with van der Waals surface area (Å²) in [4.78, 5) is 0. The first-order chi connectivity index (χ1) is 8.08. The van der Waals surface area contributed by atoms with E-state index in [1.807, 2.05) is 12.1 Å². The number of hydrogen-bond donors (Lipinski definition) is 1. The number of benzene rings is 1. The van der Waals surface area contributed by atoms with Crippen molar-refractivity contribution in [1.82, 2.24) is 0 Å². The molecule has 0 aliphatic carbocycles. The van der Waals surface area contributed by atoms with Crippen molar-refractivity contribution in [2.45, 2.75) is 38.6 Å². The van der Waals surface area contributed by atoms with Gasteiger partial charge in [0, 0.05) is 12.3 Å². The van der Waals surface area contributed by atoms with Crippen molar-refractivity contribution in [1.29, 1.82) is 0 Å². The second-order valence-corrected chi connectivity index (χ2v) is 8.19. The Bertz CT molecular complexity index is 484. The molecule has 0 aromatic heterocycles. The predicted molar refractivity (Wildman–Crippen MR) is 76.5 cm³/mol. The fourth-order valence-electron chi connectivity index (χ4n) is 1.89. The first kappa shape index (κ1) is 15.2. The van der Waals surface area contributed by atoms with Gasteiger partial charge in [-0.3, -0.25) is 0 Å². The lowest BCUT2D eigenvalue weighted by molar-refractivity contribution is 0.588. The quantitative estimate of drug-likeness (QED) is 0.908. The van der Waals surface area contributed by atoms with Crippen molar-refractivity contribution in [2.75, 3.05) is 12.0 Å². The van der Waals surface area contributed by atoms with E-state index in [0.717, 1.165) is 5.56 Å². The summed E-state index contributed by atoms with van der Waals surface area (Å²) in [5.41, 5.74) is 8.32. The molecular weight excluding hydrogens is 246 g/mol. The molecule has 2 N–H and O–H groups in total. The van der Waals surface area contributed by atoms with E-state index >= 15 is 0 Å². The molecule has 0 saturated heterocycles. The Labute approximate surface area is 110 Å². The molecule has 1 aromatic rings.